The molecule has 1 atom stereocenters. The molecule has 0 aliphatic heterocycles. The number of alkyl halides is 6. The first-order chi connectivity index (χ1) is 9.39. The minimum atomic E-state index is -5.68. The second-order valence-electron chi connectivity index (χ2n) is 5.68. The summed E-state index contributed by atoms with van der Waals surface area (Å²) in [5, 5.41) is -2.43. The monoisotopic (exact) mass is 328 g/mol. The standard InChI is InChI=1S/C15H18ClF5/c1-8(2)10-5-6-11(12(7-10)9(3)4)13(16)14(17,18)15(19,20)21/h5-9,13H,1-4H3. The third-order valence-electron chi connectivity index (χ3n) is 3.37. The molecule has 0 saturated carbocycles. The summed E-state index contributed by atoms with van der Waals surface area (Å²) in [6.07, 6.45) is -5.68. The normalized spacial score (nSPS) is 14.9. The fourth-order valence-electron chi connectivity index (χ4n) is 2.02. The van der Waals surface area contributed by atoms with Crippen molar-refractivity contribution in [1.82, 2.24) is 0 Å². The zero-order valence-corrected chi connectivity index (χ0v) is 13.0. The van der Waals surface area contributed by atoms with E-state index in [0.717, 1.165) is 5.56 Å². The Morgan fingerprint density at radius 3 is 1.76 bits per heavy atom. The van der Waals surface area contributed by atoms with Crippen LogP contribution in [0.2, 0.25) is 0 Å². The van der Waals surface area contributed by atoms with Gasteiger partial charge in [0.2, 0.25) is 0 Å². The van der Waals surface area contributed by atoms with Crippen molar-refractivity contribution >= 4 is 11.6 Å². The molecule has 0 amide bonds. The van der Waals surface area contributed by atoms with Gasteiger partial charge in [0.05, 0.1) is 0 Å². The van der Waals surface area contributed by atoms with Gasteiger partial charge in [0.1, 0.15) is 5.38 Å². The average Bonchev–Trinajstić information content (AvgIpc) is 2.35. The van der Waals surface area contributed by atoms with Gasteiger partial charge in [-0.3, -0.25) is 0 Å². The van der Waals surface area contributed by atoms with Crippen LogP contribution in [0.3, 0.4) is 0 Å². The summed E-state index contributed by atoms with van der Waals surface area (Å²) in [5.74, 6) is -5.03. The molecule has 1 aromatic carbocycles. The summed E-state index contributed by atoms with van der Waals surface area (Å²) in [5.41, 5.74) is 1.13. The largest absolute Gasteiger partial charge is 0.455 e. The van der Waals surface area contributed by atoms with Crippen molar-refractivity contribution in [3.05, 3.63) is 34.9 Å². The van der Waals surface area contributed by atoms with Gasteiger partial charge >= 0.3 is 12.1 Å². The first-order valence-corrected chi connectivity index (χ1v) is 7.05. The van der Waals surface area contributed by atoms with Gasteiger partial charge in [-0.2, -0.15) is 22.0 Å². The summed E-state index contributed by atoms with van der Waals surface area (Å²) in [6, 6.07) is 4.49. The number of hydrogen-bond donors (Lipinski definition) is 0. The van der Waals surface area contributed by atoms with Crippen LogP contribution in [0.1, 0.15) is 61.6 Å². The Morgan fingerprint density at radius 2 is 1.38 bits per heavy atom. The molecular formula is C15H18ClF5. The zero-order chi connectivity index (χ0) is 16.6. The Kier molecular flexibility index (Phi) is 5.30. The molecule has 1 rings (SSSR count). The van der Waals surface area contributed by atoms with Crippen LogP contribution in [-0.2, 0) is 0 Å². The Labute approximate surface area is 126 Å². The molecule has 0 bridgehead atoms. The van der Waals surface area contributed by atoms with E-state index in [-0.39, 0.29) is 17.4 Å². The molecule has 1 unspecified atom stereocenters. The quantitative estimate of drug-likeness (QED) is 0.442. The lowest BCUT2D eigenvalue weighted by atomic mass is 9.89. The average molecular weight is 329 g/mol. The molecule has 0 spiro atoms. The Balaban J connectivity index is 3.36. The summed E-state index contributed by atoms with van der Waals surface area (Å²) in [6.45, 7) is 7.31. The van der Waals surface area contributed by atoms with E-state index in [1.807, 2.05) is 13.8 Å². The maximum absolute atomic E-state index is 13.5. The molecule has 0 heterocycles. The Hall–Kier alpha value is -0.840. The van der Waals surface area contributed by atoms with Gasteiger partial charge in [-0.1, -0.05) is 45.9 Å². The van der Waals surface area contributed by atoms with Crippen molar-refractivity contribution in [1.29, 1.82) is 0 Å². The van der Waals surface area contributed by atoms with Gasteiger partial charge in [-0.25, -0.2) is 0 Å². The van der Waals surface area contributed by atoms with Crippen LogP contribution in [0.5, 0.6) is 0 Å². The SMILES string of the molecule is CC(C)c1ccc(C(Cl)C(F)(F)C(F)(F)F)c(C(C)C)c1. The highest BCUT2D eigenvalue weighted by Crippen LogP contribution is 2.49. The van der Waals surface area contributed by atoms with Crippen LogP contribution in [0, 0.1) is 0 Å². The smallest absolute Gasteiger partial charge is 0.194 e. The van der Waals surface area contributed by atoms with Crippen molar-refractivity contribution in [3.63, 3.8) is 0 Å². The molecule has 0 fully saturated rings. The van der Waals surface area contributed by atoms with E-state index in [4.69, 9.17) is 11.6 Å². The predicted molar refractivity (Wildman–Crippen MR) is 74.2 cm³/mol. The molecule has 0 radical (unpaired) electrons. The predicted octanol–water partition coefficient (Wildman–Crippen LogP) is 6.41. The van der Waals surface area contributed by atoms with Crippen LogP contribution in [-0.4, -0.2) is 12.1 Å². The first-order valence-electron chi connectivity index (χ1n) is 6.62. The molecule has 0 aliphatic rings. The maximum Gasteiger partial charge on any atom is 0.455 e. The molecule has 21 heavy (non-hydrogen) atoms. The number of halogens is 6. The van der Waals surface area contributed by atoms with Crippen LogP contribution in [0.25, 0.3) is 0 Å². The van der Waals surface area contributed by atoms with Crippen molar-refractivity contribution in [3.8, 4) is 0 Å². The number of rotatable bonds is 4. The van der Waals surface area contributed by atoms with Gasteiger partial charge in [0.25, 0.3) is 0 Å². The van der Waals surface area contributed by atoms with Gasteiger partial charge in [0, 0.05) is 0 Å². The van der Waals surface area contributed by atoms with Gasteiger partial charge < -0.3 is 0 Å². The Bertz CT molecular complexity index is 491. The fraction of sp³-hybridized carbons (Fsp3) is 0.600. The van der Waals surface area contributed by atoms with E-state index >= 15 is 0 Å². The third-order valence-corrected chi connectivity index (χ3v) is 3.88. The van der Waals surface area contributed by atoms with Crippen LogP contribution >= 0.6 is 11.6 Å². The van der Waals surface area contributed by atoms with E-state index in [0.29, 0.717) is 5.56 Å². The molecule has 0 aliphatic carbocycles. The molecule has 0 aromatic heterocycles. The first kappa shape index (κ1) is 18.2. The summed E-state index contributed by atoms with van der Waals surface area (Å²) in [4.78, 5) is 0. The Morgan fingerprint density at radius 1 is 0.857 bits per heavy atom. The zero-order valence-electron chi connectivity index (χ0n) is 12.2. The van der Waals surface area contributed by atoms with Crippen molar-refractivity contribution < 1.29 is 22.0 Å². The van der Waals surface area contributed by atoms with E-state index < -0.39 is 17.5 Å². The van der Waals surface area contributed by atoms with E-state index in [1.54, 1.807) is 26.0 Å². The summed E-state index contributed by atoms with van der Waals surface area (Å²) in [7, 11) is 0. The molecule has 0 N–H and O–H groups in total. The van der Waals surface area contributed by atoms with Gasteiger partial charge in [-0.15, -0.1) is 11.6 Å². The topological polar surface area (TPSA) is 0 Å². The highest BCUT2D eigenvalue weighted by atomic mass is 35.5. The third kappa shape index (κ3) is 3.68. The minimum Gasteiger partial charge on any atom is -0.194 e. The highest BCUT2D eigenvalue weighted by molar-refractivity contribution is 6.21. The van der Waals surface area contributed by atoms with E-state index in [1.165, 1.54) is 6.07 Å². The summed E-state index contributed by atoms with van der Waals surface area (Å²) < 4.78 is 64.3. The lowest BCUT2D eigenvalue weighted by molar-refractivity contribution is -0.283. The number of hydrogen-bond acceptors (Lipinski definition) is 0. The molecule has 0 nitrogen and oxygen atoms in total. The minimum absolute atomic E-state index is 0.147. The second-order valence-corrected chi connectivity index (χ2v) is 6.12. The van der Waals surface area contributed by atoms with Crippen molar-refractivity contribution in [2.75, 3.05) is 0 Å². The van der Waals surface area contributed by atoms with Crippen LogP contribution < -0.4 is 0 Å². The van der Waals surface area contributed by atoms with Crippen molar-refractivity contribution in [2.24, 2.45) is 0 Å². The fourth-order valence-corrected chi connectivity index (χ4v) is 2.34. The molecular weight excluding hydrogens is 311 g/mol. The van der Waals surface area contributed by atoms with Gasteiger partial charge in [-0.05, 0) is 28.5 Å². The number of benzene rings is 1. The van der Waals surface area contributed by atoms with Crippen molar-refractivity contribution in [2.45, 2.75) is 57.0 Å². The van der Waals surface area contributed by atoms with Gasteiger partial charge in [0.15, 0.2) is 0 Å². The lowest BCUT2D eigenvalue weighted by Crippen LogP contribution is -2.40. The highest BCUT2D eigenvalue weighted by Gasteiger charge is 2.62. The lowest BCUT2D eigenvalue weighted by Gasteiger charge is -2.27. The maximum atomic E-state index is 13.5. The van der Waals surface area contributed by atoms with Crippen LogP contribution in [0.4, 0.5) is 22.0 Å². The van der Waals surface area contributed by atoms with E-state index in [9.17, 15) is 22.0 Å². The molecule has 1 aromatic rings. The second kappa shape index (κ2) is 6.11. The molecule has 120 valence electrons. The van der Waals surface area contributed by atoms with Crippen LogP contribution in [0.15, 0.2) is 18.2 Å². The van der Waals surface area contributed by atoms with E-state index in [2.05, 4.69) is 0 Å². The summed E-state index contributed by atoms with van der Waals surface area (Å²) >= 11 is 5.49. The molecule has 6 heteroatoms. The molecule has 0 saturated heterocycles.